The van der Waals surface area contributed by atoms with Crippen molar-refractivity contribution in [1.29, 1.82) is 0 Å². The molecule has 1 fully saturated rings. The highest BCUT2D eigenvalue weighted by atomic mass is 32.2. The van der Waals surface area contributed by atoms with Gasteiger partial charge in [-0.25, -0.2) is 13.2 Å². The maximum Gasteiger partial charge on any atom is 0.338 e. The van der Waals surface area contributed by atoms with Gasteiger partial charge in [0, 0.05) is 31.2 Å². The number of hydrogen-bond acceptors (Lipinski definition) is 6. The molecule has 2 rings (SSSR count). The number of carbonyl (C=O) groups excluding carboxylic acids is 2. The zero-order chi connectivity index (χ0) is 19.2. The van der Waals surface area contributed by atoms with E-state index in [0.717, 1.165) is 5.69 Å². The zero-order valence-corrected chi connectivity index (χ0v) is 16.0. The Labute approximate surface area is 154 Å². The molecule has 7 nitrogen and oxygen atoms in total. The van der Waals surface area contributed by atoms with E-state index in [4.69, 9.17) is 4.74 Å². The molecule has 144 valence electrons. The van der Waals surface area contributed by atoms with Crippen molar-refractivity contribution in [3.63, 3.8) is 0 Å². The molecule has 1 aromatic carbocycles. The van der Waals surface area contributed by atoms with Gasteiger partial charge in [-0.15, -0.1) is 0 Å². The van der Waals surface area contributed by atoms with Crippen molar-refractivity contribution in [1.82, 2.24) is 4.90 Å². The Kier molecular flexibility index (Phi) is 7.02. The maximum absolute atomic E-state index is 12.4. The smallest absolute Gasteiger partial charge is 0.338 e. The molecule has 1 aliphatic rings. The van der Waals surface area contributed by atoms with Crippen LogP contribution in [0.3, 0.4) is 0 Å². The maximum atomic E-state index is 12.4. The molecule has 1 saturated heterocycles. The number of nitrogens with zero attached hydrogens (tertiary/aromatic N) is 1. The first-order valence-corrected chi connectivity index (χ1v) is 10.7. The fourth-order valence-corrected chi connectivity index (χ4v) is 4.79. The number of rotatable bonds is 8. The molecule has 1 heterocycles. The lowest BCUT2D eigenvalue weighted by atomic mass is 10.2. The van der Waals surface area contributed by atoms with Gasteiger partial charge in [-0.2, -0.15) is 0 Å². The van der Waals surface area contributed by atoms with Crippen molar-refractivity contribution < 1.29 is 22.7 Å². The molecule has 1 aromatic rings. The molecule has 0 aromatic heterocycles. The van der Waals surface area contributed by atoms with E-state index in [1.165, 1.54) is 0 Å². The van der Waals surface area contributed by atoms with E-state index in [9.17, 15) is 18.0 Å². The number of amides is 1. The number of sulfone groups is 1. The molecule has 0 saturated carbocycles. The summed E-state index contributed by atoms with van der Waals surface area (Å²) in [6, 6.07) is 6.66. The fraction of sp³-hybridized carbons (Fsp3) is 0.556. The predicted octanol–water partition coefficient (Wildman–Crippen LogP) is 1.70. The second-order valence-electron chi connectivity index (χ2n) is 6.21. The van der Waals surface area contributed by atoms with Gasteiger partial charge in [-0.05, 0) is 44.5 Å². The van der Waals surface area contributed by atoms with Crippen molar-refractivity contribution in [3.05, 3.63) is 29.8 Å². The summed E-state index contributed by atoms with van der Waals surface area (Å²) < 4.78 is 28.2. The molecule has 1 aliphatic heterocycles. The fourth-order valence-electron chi connectivity index (χ4n) is 3.06. The van der Waals surface area contributed by atoms with Crippen LogP contribution in [0.5, 0.6) is 0 Å². The minimum atomic E-state index is -3.01. The molecular weight excluding hydrogens is 356 g/mol. The number of ether oxygens (including phenoxy) is 1. The van der Waals surface area contributed by atoms with Crippen LogP contribution in [0, 0.1) is 0 Å². The van der Waals surface area contributed by atoms with Crippen LogP contribution < -0.4 is 5.32 Å². The average molecular weight is 382 g/mol. The van der Waals surface area contributed by atoms with Crippen molar-refractivity contribution in [3.8, 4) is 0 Å². The Hall–Kier alpha value is -2.09. The van der Waals surface area contributed by atoms with Crippen LogP contribution in [0.25, 0.3) is 0 Å². The van der Waals surface area contributed by atoms with Gasteiger partial charge in [-0.1, -0.05) is 0 Å². The van der Waals surface area contributed by atoms with Crippen LogP contribution in [0.2, 0.25) is 0 Å². The van der Waals surface area contributed by atoms with Crippen molar-refractivity contribution in [2.75, 3.05) is 36.5 Å². The quantitative estimate of drug-likeness (QED) is 0.688. The summed E-state index contributed by atoms with van der Waals surface area (Å²) in [4.78, 5) is 25.7. The molecule has 26 heavy (non-hydrogen) atoms. The third kappa shape index (κ3) is 5.45. The summed E-state index contributed by atoms with van der Waals surface area (Å²) in [6.07, 6.45) is 0.800. The lowest BCUT2D eigenvalue weighted by Gasteiger charge is -2.27. The van der Waals surface area contributed by atoms with Gasteiger partial charge < -0.3 is 15.0 Å². The van der Waals surface area contributed by atoms with Crippen LogP contribution >= 0.6 is 0 Å². The summed E-state index contributed by atoms with van der Waals surface area (Å²) in [5.41, 5.74) is 1.28. The first kappa shape index (κ1) is 20.2. The minimum absolute atomic E-state index is 0.0507. The molecule has 1 atom stereocenters. The summed E-state index contributed by atoms with van der Waals surface area (Å²) in [5, 5.41) is 3.14. The van der Waals surface area contributed by atoms with Crippen LogP contribution in [-0.4, -0.2) is 62.4 Å². The second-order valence-corrected chi connectivity index (χ2v) is 8.44. The van der Waals surface area contributed by atoms with Crippen LogP contribution in [0.15, 0.2) is 24.3 Å². The molecule has 0 spiro atoms. The highest BCUT2D eigenvalue weighted by Crippen LogP contribution is 2.18. The van der Waals surface area contributed by atoms with Crippen LogP contribution in [-0.2, 0) is 19.4 Å². The van der Waals surface area contributed by atoms with Gasteiger partial charge in [0.15, 0.2) is 9.84 Å². The number of esters is 1. The summed E-state index contributed by atoms with van der Waals surface area (Å²) in [7, 11) is -3.01. The highest BCUT2D eigenvalue weighted by molar-refractivity contribution is 7.91. The predicted molar refractivity (Wildman–Crippen MR) is 100.0 cm³/mol. The van der Waals surface area contributed by atoms with E-state index in [1.807, 2.05) is 6.92 Å². The van der Waals surface area contributed by atoms with Gasteiger partial charge in [0.1, 0.15) is 0 Å². The lowest BCUT2D eigenvalue weighted by Crippen LogP contribution is -2.41. The Bertz CT molecular complexity index is 730. The van der Waals surface area contributed by atoms with Crippen molar-refractivity contribution in [2.45, 2.75) is 32.7 Å². The van der Waals surface area contributed by atoms with Crippen LogP contribution in [0.1, 0.15) is 37.0 Å². The number of carbonyl (C=O) groups is 2. The number of benzene rings is 1. The normalized spacial score (nSPS) is 18.3. The van der Waals surface area contributed by atoms with Gasteiger partial charge in [0.05, 0.1) is 23.7 Å². The molecule has 1 N–H and O–H groups in total. The minimum Gasteiger partial charge on any atom is -0.462 e. The Morgan fingerprint density at radius 1 is 1.23 bits per heavy atom. The van der Waals surface area contributed by atoms with E-state index in [1.54, 1.807) is 36.1 Å². The van der Waals surface area contributed by atoms with Crippen molar-refractivity contribution in [2.24, 2.45) is 0 Å². The van der Waals surface area contributed by atoms with E-state index >= 15 is 0 Å². The van der Waals surface area contributed by atoms with Crippen LogP contribution in [0.4, 0.5) is 5.69 Å². The molecule has 0 radical (unpaired) electrons. The highest BCUT2D eigenvalue weighted by Gasteiger charge is 2.33. The Morgan fingerprint density at radius 2 is 1.92 bits per heavy atom. The third-order valence-corrected chi connectivity index (χ3v) is 6.12. The van der Waals surface area contributed by atoms with E-state index in [2.05, 4.69) is 5.32 Å². The SMILES string of the molecule is CCOC(=O)c1ccc(NCCC(=O)N(CC)C2CCS(=O)(=O)C2)cc1. The van der Waals surface area contributed by atoms with Gasteiger partial charge in [0.25, 0.3) is 0 Å². The third-order valence-electron chi connectivity index (χ3n) is 4.37. The second kappa shape index (κ2) is 9.02. The molecule has 8 heteroatoms. The first-order chi connectivity index (χ1) is 12.4. The molecule has 0 aliphatic carbocycles. The molecule has 1 unspecified atom stereocenters. The summed E-state index contributed by atoms with van der Waals surface area (Å²) in [6.45, 7) is 4.90. The summed E-state index contributed by atoms with van der Waals surface area (Å²) >= 11 is 0. The van der Waals surface area contributed by atoms with Gasteiger partial charge >= 0.3 is 5.97 Å². The monoisotopic (exact) mass is 382 g/mol. The van der Waals surface area contributed by atoms with E-state index < -0.39 is 9.84 Å². The first-order valence-electron chi connectivity index (χ1n) is 8.87. The number of nitrogens with one attached hydrogen (secondary N) is 1. The molecule has 1 amide bonds. The number of hydrogen-bond donors (Lipinski definition) is 1. The standard InChI is InChI=1S/C18H26N2O5S/c1-3-20(16-10-12-26(23,24)13-16)17(21)9-11-19-15-7-5-14(6-8-15)18(22)25-4-2/h5-8,16,19H,3-4,9-13H2,1-2H3. The Balaban J connectivity index is 1.82. The number of anilines is 1. The largest absolute Gasteiger partial charge is 0.462 e. The lowest BCUT2D eigenvalue weighted by molar-refractivity contribution is -0.132. The molecular formula is C18H26N2O5S. The topological polar surface area (TPSA) is 92.8 Å². The van der Waals surface area contributed by atoms with Crippen molar-refractivity contribution >= 4 is 27.4 Å². The van der Waals surface area contributed by atoms with Gasteiger partial charge in [0.2, 0.25) is 5.91 Å². The van der Waals surface area contributed by atoms with E-state index in [0.29, 0.717) is 31.7 Å². The van der Waals surface area contributed by atoms with E-state index in [-0.39, 0.29) is 35.8 Å². The Morgan fingerprint density at radius 3 is 2.46 bits per heavy atom. The zero-order valence-electron chi connectivity index (χ0n) is 15.2. The molecule has 0 bridgehead atoms. The summed E-state index contributed by atoms with van der Waals surface area (Å²) in [5.74, 6) is -0.188. The average Bonchev–Trinajstić information content (AvgIpc) is 2.96. The van der Waals surface area contributed by atoms with Gasteiger partial charge in [-0.3, -0.25) is 4.79 Å².